The van der Waals surface area contributed by atoms with Crippen molar-refractivity contribution in [2.75, 3.05) is 17.2 Å². The minimum Gasteiger partial charge on any atom is -0.389 e. The third kappa shape index (κ3) is 4.32. The summed E-state index contributed by atoms with van der Waals surface area (Å²) in [5.41, 5.74) is -0.695. The summed E-state index contributed by atoms with van der Waals surface area (Å²) in [4.78, 5) is 8.69. The second-order valence-corrected chi connectivity index (χ2v) is 9.15. The Balaban J connectivity index is 2.07. The maximum Gasteiger partial charge on any atom is 0.240 e. The highest BCUT2D eigenvalue weighted by atomic mass is 79.9. The van der Waals surface area contributed by atoms with Gasteiger partial charge < -0.3 is 15.7 Å². The molecule has 0 amide bonds. The smallest absolute Gasteiger partial charge is 0.240 e. The summed E-state index contributed by atoms with van der Waals surface area (Å²) < 4.78 is 28.8. The van der Waals surface area contributed by atoms with Gasteiger partial charge in [0.15, 0.2) is 0 Å². The number of hydrogen-bond acceptors (Lipinski definition) is 7. The van der Waals surface area contributed by atoms with Crippen LogP contribution < -0.4 is 15.4 Å². The van der Waals surface area contributed by atoms with Gasteiger partial charge in [-0.05, 0) is 54.4 Å². The molecule has 0 fully saturated rings. The Morgan fingerprint density at radius 2 is 2.12 bits per heavy atom. The van der Waals surface area contributed by atoms with E-state index >= 15 is 0 Å². The van der Waals surface area contributed by atoms with Crippen molar-refractivity contribution >= 4 is 43.4 Å². The van der Waals surface area contributed by atoms with Crippen LogP contribution in [-0.4, -0.2) is 41.7 Å². The number of aliphatic hydroxyl groups is 1. The molecule has 26 heavy (non-hydrogen) atoms. The Morgan fingerprint density at radius 1 is 1.35 bits per heavy atom. The Morgan fingerprint density at radius 3 is 2.85 bits per heavy atom. The molecular formula is C16H20BrN5O3S. The van der Waals surface area contributed by atoms with E-state index in [0.29, 0.717) is 34.9 Å². The van der Waals surface area contributed by atoms with E-state index in [1.165, 1.54) is 12.1 Å². The van der Waals surface area contributed by atoms with Crippen LogP contribution in [0.3, 0.4) is 0 Å². The lowest BCUT2D eigenvalue weighted by Gasteiger charge is -2.30. The molecule has 140 valence electrons. The van der Waals surface area contributed by atoms with E-state index in [-0.39, 0.29) is 4.90 Å². The molecule has 1 aromatic carbocycles. The van der Waals surface area contributed by atoms with Gasteiger partial charge in [0.05, 0.1) is 21.0 Å². The number of anilines is 3. The molecule has 4 N–H and O–H groups in total. The lowest BCUT2D eigenvalue weighted by atomic mass is 9.97. The predicted molar refractivity (Wildman–Crippen MR) is 103 cm³/mol. The van der Waals surface area contributed by atoms with Gasteiger partial charge in [-0.25, -0.2) is 18.1 Å². The van der Waals surface area contributed by atoms with Crippen molar-refractivity contribution in [2.24, 2.45) is 0 Å². The van der Waals surface area contributed by atoms with Crippen LogP contribution in [0.1, 0.15) is 20.3 Å². The fraction of sp³-hybridized carbons (Fsp3) is 0.375. The fourth-order valence-electron chi connectivity index (χ4n) is 2.57. The van der Waals surface area contributed by atoms with Crippen LogP contribution in [0.25, 0.3) is 0 Å². The quantitative estimate of drug-likeness (QED) is 0.535. The Labute approximate surface area is 160 Å². The monoisotopic (exact) mass is 441 g/mol. The van der Waals surface area contributed by atoms with Crippen molar-refractivity contribution in [3.05, 3.63) is 34.9 Å². The molecule has 0 aliphatic carbocycles. The van der Waals surface area contributed by atoms with Gasteiger partial charge in [0.2, 0.25) is 16.0 Å². The average molecular weight is 442 g/mol. The van der Waals surface area contributed by atoms with Crippen LogP contribution in [-0.2, 0) is 10.0 Å². The number of aromatic nitrogens is 2. The average Bonchev–Trinajstić information content (AvgIpc) is 2.56. The summed E-state index contributed by atoms with van der Waals surface area (Å²) >= 11 is 3.39. The maximum atomic E-state index is 12.8. The van der Waals surface area contributed by atoms with Gasteiger partial charge in [-0.2, -0.15) is 4.98 Å². The zero-order valence-corrected chi connectivity index (χ0v) is 16.7. The van der Waals surface area contributed by atoms with Crippen molar-refractivity contribution in [2.45, 2.75) is 36.8 Å². The predicted octanol–water partition coefficient (Wildman–Crippen LogP) is 2.22. The van der Waals surface area contributed by atoms with E-state index in [2.05, 4.69) is 41.3 Å². The second kappa shape index (κ2) is 7.10. The molecular weight excluding hydrogens is 422 g/mol. The molecule has 10 heteroatoms. The minimum atomic E-state index is -3.80. The molecule has 2 aromatic rings. The molecule has 1 unspecified atom stereocenters. The SMILES string of the molecule is CC(C)(O)C1CCNc2nc(ncc2Br)Nc2cccc(c2)S(=O)(=O)N1. The van der Waals surface area contributed by atoms with Crippen molar-refractivity contribution in [3.63, 3.8) is 0 Å². The molecule has 1 atom stereocenters. The molecule has 3 rings (SSSR count). The van der Waals surface area contributed by atoms with Crippen LogP contribution in [0.2, 0.25) is 0 Å². The van der Waals surface area contributed by atoms with E-state index in [0.717, 1.165) is 0 Å². The number of benzene rings is 1. The van der Waals surface area contributed by atoms with E-state index in [1.807, 2.05) is 0 Å². The van der Waals surface area contributed by atoms with Crippen molar-refractivity contribution < 1.29 is 13.5 Å². The molecule has 1 aliphatic rings. The Kier molecular flexibility index (Phi) is 5.20. The third-order valence-electron chi connectivity index (χ3n) is 4.02. The van der Waals surface area contributed by atoms with Crippen LogP contribution in [0.4, 0.5) is 17.5 Å². The number of nitrogens with zero attached hydrogens (tertiary/aromatic N) is 2. The maximum absolute atomic E-state index is 12.8. The van der Waals surface area contributed by atoms with Crippen LogP contribution in [0.15, 0.2) is 39.8 Å². The number of sulfonamides is 1. The van der Waals surface area contributed by atoms with E-state index in [9.17, 15) is 13.5 Å². The third-order valence-corrected chi connectivity index (χ3v) is 6.07. The number of hydrogen-bond donors (Lipinski definition) is 4. The van der Waals surface area contributed by atoms with E-state index in [1.54, 1.807) is 32.2 Å². The first-order valence-corrected chi connectivity index (χ1v) is 10.3. The van der Waals surface area contributed by atoms with Gasteiger partial charge in [0, 0.05) is 18.4 Å². The number of rotatable bonds is 1. The van der Waals surface area contributed by atoms with Gasteiger partial charge in [-0.3, -0.25) is 0 Å². The summed E-state index contributed by atoms with van der Waals surface area (Å²) in [7, 11) is -3.80. The fourth-order valence-corrected chi connectivity index (χ4v) is 4.36. The minimum absolute atomic E-state index is 0.0984. The molecule has 4 bridgehead atoms. The summed E-state index contributed by atoms with van der Waals surface area (Å²) in [6.07, 6.45) is 1.98. The normalized spacial score (nSPS) is 19.9. The zero-order chi connectivity index (χ0) is 18.9. The molecule has 0 saturated heterocycles. The van der Waals surface area contributed by atoms with Gasteiger partial charge >= 0.3 is 0 Å². The molecule has 1 aromatic heterocycles. The van der Waals surface area contributed by atoms with Gasteiger partial charge in [0.1, 0.15) is 5.82 Å². The van der Waals surface area contributed by atoms with Crippen LogP contribution in [0, 0.1) is 0 Å². The molecule has 0 saturated carbocycles. The molecule has 1 aliphatic heterocycles. The van der Waals surface area contributed by atoms with Gasteiger partial charge in [-0.1, -0.05) is 6.07 Å². The van der Waals surface area contributed by atoms with Crippen molar-refractivity contribution in [1.82, 2.24) is 14.7 Å². The zero-order valence-electron chi connectivity index (χ0n) is 14.3. The van der Waals surface area contributed by atoms with Crippen molar-refractivity contribution in [1.29, 1.82) is 0 Å². The lowest BCUT2D eigenvalue weighted by molar-refractivity contribution is 0.0441. The molecule has 0 radical (unpaired) electrons. The summed E-state index contributed by atoms with van der Waals surface area (Å²) in [5, 5.41) is 16.6. The standard InChI is InChI=1S/C16H20BrN5O3S/c1-16(2,23)13-6-7-18-14-12(17)9-19-15(21-14)20-10-4-3-5-11(8-10)26(24,25)22-13/h3-5,8-9,13,22-23H,6-7H2,1-2H3,(H2,18,19,20,21). The van der Waals surface area contributed by atoms with E-state index in [4.69, 9.17) is 0 Å². The first-order chi connectivity index (χ1) is 12.1. The highest BCUT2D eigenvalue weighted by Gasteiger charge is 2.31. The van der Waals surface area contributed by atoms with Crippen molar-refractivity contribution in [3.8, 4) is 0 Å². The first kappa shape index (κ1) is 19.0. The summed E-state index contributed by atoms with van der Waals surface area (Å²) in [6.45, 7) is 3.56. The number of halogens is 1. The second-order valence-electron chi connectivity index (χ2n) is 6.59. The summed E-state index contributed by atoms with van der Waals surface area (Å²) in [6, 6.07) is 5.68. The highest BCUT2D eigenvalue weighted by Crippen LogP contribution is 2.25. The molecule has 2 heterocycles. The van der Waals surface area contributed by atoms with E-state index < -0.39 is 21.7 Å². The number of nitrogens with one attached hydrogen (secondary N) is 3. The molecule has 8 nitrogen and oxygen atoms in total. The Bertz CT molecular complexity index is 914. The van der Waals surface area contributed by atoms with Crippen LogP contribution >= 0.6 is 15.9 Å². The van der Waals surface area contributed by atoms with Gasteiger partial charge in [-0.15, -0.1) is 0 Å². The summed E-state index contributed by atoms with van der Waals surface area (Å²) in [5.74, 6) is 0.923. The Hall–Kier alpha value is -1.75. The first-order valence-electron chi connectivity index (χ1n) is 8.03. The highest BCUT2D eigenvalue weighted by molar-refractivity contribution is 9.10. The topological polar surface area (TPSA) is 116 Å². The lowest BCUT2D eigenvalue weighted by Crippen LogP contribution is -2.49. The largest absolute Gasteiger partial charge is 0.389 e. The number of fused-ring (bicyclic) bond motifs is 4. The van der Waals surface area contributed by atoms with Gasteiger partial charge in [0.25, 0.3) is 0 Å². The molecule has 0 spiro atoms. The van der Waals surface area contributed by atoms with Crippen LogP contribution in [0.5, 0.6) is 0 Å².